The molecule has 0 saturated carbocycles. The Balaban J connectivity index is 1.31. The predicted octanol–water partition coefficient (Wildman–Crippen LogP) is 5.22. The number of hydrogen-bond acceptors (Lipinski definition) is 5. The number of para-hydroxylation sites is 3. The van der Waals surface area contributed by atoms with Gasteiger partial charge in [0.2, 0.25) is 5.91 Å². The number of carbonyl (C=O) groups is 1. The van der Waals surface area contributed by atoms with Crippen molar-refractivity contribution in [3.8, 4) is 11.5 Å². The van der Waals surface area contributed by atoms with Crippen LogP contribution < -0.4 is 14.0 Å². The van der Waals surface area contributed by atoms with Gasteiger partial charge in [-0.2, -0.15) is 8.42 Å². The second kappa shape index (κ2) is 10.3. The maximum absolute atomic E-state index is 13.4. The number of fused-ring (bicyclic) bond motifs is 1. The van der Waals surface area contributed by atoms with Crippen LogP contribution in [0, 0.1) is 0 Å². The molecule has 1 heterocycles. The lowest BCUT2D eigenvalue weighted by molar-refractivity contribution is -0.526. The van der Waals surface area contributed by atoms with E-state index in [1.807, 2.05) is 36.4 Å². The topological polar surface area (TPSA) is 92.1 Å². The average Bonchev–Trinajstić information content (AvgIpc) is 3.29. The zero-order valence-electron chi connectivity index (χ0n) is 19.0. The molecule has 0 radical (unpaired) electrons. The lowest BCUT2D eigenvalue weighted by Crippen LogP contribution is -2.44. The molecule has 0 fully saturated rings. The minimum Gasteiger partial charge on any atom is -0.457 e. The molecule has 0 bridgehead atoms. The van der Waals surface area contributed by atoms with Crippen molar-refractivity contribution in [2.24, 2.45) is 0 Å². The molecule has 5 rings (SSSR count). The minimum absolute atomic E-state index is 0.0133. The number of thioether (sulfide) groups is 1. The smallest absolute Gasteiger partial charge is 0.336 e. The van der Waals surface area contributed by atoms with Crippen molar-refractivity contribution in [3.63, 3.8) is 0 Å². The number of amides is 1. The Bertz CT molecular complexity index is 1600. The Morgan fingerprint density at radius 2 is 1.42 bits per heavy atom. The zero-order chi connectivity index (χ0) is 25.0. The van der Waals surface area contributed by atoms with Crippen LogP contribution in [0.4, 0.5) is 5.69 Å². The van der Waals surface area contributed by atoms with Crippen LogP contribution in [0.5, 0.6) is 11.5 Å². The molecular weight excluding hydrogens is 494 g/mol. The Morgan fingerprint density at radius 1 is 0.806 bits per heavy atom. The molecule has 0 aliphatic carbocycles. The highest BCUT2D eigenvalue weighted by atomic mass is 32.2. The molecule has 7 nitrogen and oxygen atoms in total. The predicted molar refractivity (Wildman–Crippen MR) is 140 cm³/mol. The normalized spacial score (nSPS) is 11.3. The van der Waals surface area contributed by atoms with E-state index >= 15 is 0 Å². The molecule has 0 aliphatic rings. The summed E-state index contributed by atoms with van der Waals surface area (Å²) in [6, 6.07) is 31.8. The van der Waals surface area contributed by atoms with Crippen LogP contribution in [-0.2, 0) is 14.8 Å². The number of hydrogen-bond donors (Lipinski definition) is 2. The monoisotopic (exact) mass is 516 g/mol. The number of rotatable bonds is 8. The van der Waals surface area contributed by atoms with Gasteiger partial charge in [0.1, 0.15) is 16.4 Å². The van der Waals surface area contributed by atoms with E-state index in [1.54, 1.807) is 72.8 Å². The van der Waals surface area contributed by atoms with E-state index in [0.717, 1.165) is 17.5 Å². The number of anilines is 1. The minimum atomic E-state index is -3.87. The van der Waals surface area contributed by atoms with E-state index in [1.165, 1.54) is 3.97 Å². The van der Waals surface area contributed by atoms with E-state index in [2.05, 4.69) is 10.3 Å². The van der Waals surface area contributed by atoms with E-state index in [4.69, 9.17) is 4.74 Å². The summed E-state index contributed by atoms with van der Waals surface area (Å²) in [4.78, 5) is 16.0. The molecule has 4 aromatic carbocycles. The van der Waals surface area contributed by atoms with E-state index in [0.29, 0.717) is 27.6 Å². The number of aromatic nitrogens is 2. The summed E-state index contributed by atoms with van der Waals surface area (Å²) in [6.07, 6.45) is 0. The fraction of sp³-hybridized carbons (Fsp3) is 0.0370. The molecule has 180 valence electrons. The van der Waals surface area contributed by atoms with E-state index < -0.39 is 10.0 Å². The molecule has 0 atom stereocenters. The number of H-pyrrole nitrogens is 1. The van der Waals surface area contributed by atoms with Crippen LogP contribution in [0.3, 0.4) is 0 Å². The maximum Gasteiger partial charge on any atom is 0.336 e. The highest BCUT2D eigenvalue weighted by Gasteiger charge is 2.31. The number of nitrogens with one attached hydrogen (secondary N) is 2. The summed E-state index contributed by atoms with van der Waals surface area (Å²) >= 11 is 1.12. The average molecular weight is 517 g/mol. The lowest BCUT2D eigenvalue weighted by Gasteiger charge is -2.08. The van der Waals surface area contributed by atoms with Gasteiger partial charge in [-0.1, -0.05) is 48.5 Å². The van der Waals surface area contributed by atoms with Gasteiger partial charge < -0.3 is 10.1 Å². The Kier molecular flexibility index (Phi) is 6.75. The third kappa shape index (κ3) is 5.12. The molecular formula is C27H22N3O4S2+. The number of aromatic amines is 1. The van der Waals surface area contributed by atoms with Crippen LogP contribution in [0.1, 0.15) is 0 Å². The fourth-order valence-electron chi connectivity index (χ4n) is 3.62. The number of ether oxygens (including phenoxy) is 1. The van der Waals surface area contributed by atoms with Crippen molar-refractivity contribution in [2.45, 2.75) is 10.1 Å². The Morgan fingerprint density at radius 3 is 2.14 bits per heavy atom. The molecule has 5 aromatic rings. The second-order valence-corrected chi connectivity index (χ2v) is 10.6. The molecule has 0 saturated heterocycles. The van der Waals surface area contributed by atoms with Gasteiger partial charge in [0.25, 0.3) is 0 Å². The van der Waals surface area contributed by atoms with Gasteiger partial charge in [-0.05, 0) is 72.4 Å². The second-order valence-electron chi connectivity index (χ2n) is 7.81. The van der Waals surface area contributed by atoms with Gasteiger partial charge >= 0.3 is 15.2 Å². The molecule has 36 heavy (non-hydrogen) atoms. The summed E-state index contributed by atoms with van der Waals surface area (Å²) in [7, 11) is -3.87. The van der Waals surface area contributed by atoms with Crippen molar-refractivity contribution in [2.75, 3.05) is 11.1 Å². The summed E-state index contributed by atoms with van der Waals surface area (Å²) in [6.45, 7) is 0. The highest BCUT2D eigenvalue weighted by molar-refractivity contribution is 8.00. The van der Waals surface area contributed by atoms with E-state index in [9.17, 15) is 13.2 Å². The molecule has 1 aromatic heterocycles. The van der Waals surface area contributed by atoms with Crippen molar-refractivity contribution in [3.05, 3.63) is 109 Å². The summed E-state index contributed by atoms with van der Waals surface area (Å²) in [5, 5.41) is 3.19. The Hall–Kier alpha value is -4.08. The standard InChI is InChI=1S/C27H21N3O4S2/c31-26(28-20-15-17-22(18-16-20)34-21-9-3-1-4-10-21)19-35-27-29-24-13-7-8-14-25(24)30(27)36(32,33)23-11-5-2-6-12-23/h1-18H,19H2,(H,28,31)/p+1. The molecule has 0 spiro atoms. The number of carbonyl (C=O) groups excluding carboxylic acids is 1. The van der Waals surface area contributed by atoms with Gasteiger partial charge in [0.05, 0.1) is 5.75 Å². The van der Waals surface area contributed by atoms with Gasteiger partial charge in [-0.15, -0.1) is 3.97 Å². The summed E-state index contributed by atoms with van der Waals surface area (Å²) in [5.41, 5.74) is 1.79. The molecule has 1 amide bonds. The van der Waals surface area contributed by atoms with Crippen LogP contribution in [0.2, 0.25) is 0 Å². The van der Waals surface area contributed by atoms with Gasteiger partial charge in [-0.3, -0.25) is 4.79 Å². The van der Waals surface area contributed by atoms with Gasteiger partial charge in [0.15, 0.2) is 11.0 Å². The fourth-order valence-corrected chi connectivity index (χ4v) is 6.21. The first-order chi connectivity index (χ1) is 17.5. The van der Waals surface area contributed by atoms with Gasteiger partial charge in [0, 0.05) is 5.69 Å². The summed E-state index contributed by atoms with van der Waals surface area (Å²) < 4.78 is 33.9. The first-order valence-corrected chi connectivity index (χ1v) is 13.5. The zero-order valence-corrected chi connectivity index (χ0v) is 20.6. The molecule has 2 N–H and O–H groups in total. The number of imidazole rings is 1. The first kappa shape index (κ1) is 23.7. The van der Waals surface area contributed by atoms with Crippen molar-refractivity contribution in [1.29, 1.82) is 0 Å². The van der Waals surface area contributed by atoms with Crippen LogP contribution >= 0.6 is 11.8 Å². The van der Waals surface area contributed by atoms with Gasteiger partial charge in [-0.25, -0.2) is 4.98 Å². The van der Waals surface area contributed by atoms with Crippen molar-refractivity contribution in [1.82, 2.24) is 4.98 Å². The summed E-state index contributed by atoms with van der Waals surface area (Å²) in [5.74, 6) is 1.12. The molecule has 0 aliphatic heterocycles. The van der Waals surface area contributed by atoms with Crippen molar-refractivity contribution < 1.29 is 21.9 Å². The number of benzene rings is 4. The third-order valence-corrected chi connectivity index (χ3v) is 8.10. The lowest BCUT2D eigenvalue weighted by atomic mass is 10.3. The number of nitrogens with zero attached hydrogens (tertiary/aromatic N) is 1. The quantitative estimate of drug-likeness (QED) is 0.218. The largest absolute Gasteiger partial charge is 0.457 e. The van der Waals surface area contributed by atoms with Crippen LogP contribution in [0.25, 0.3) is 11.0 Å². The van der Waals surface area contributed by atoms with Crippen molar-refractivity contribution >= 4 is 44.4 Å². The van der Waals surface area contributed by atoms with Crippen LogP contribution in [-0.4, -0.2) is 25.1 Å². The SMILES string of the molecule is O=C(CSc1[nH]c2ccccc2[n+]1S(=O)(=O)c1ccccc1)Nc1ccc(Oc2ccccc2)cc1. The third-order valence-electron chi connectivity index (χ3n) is 5.29. The molecule has 0 unspecified atom stereocenters. The molecule has 9 heteroatoms. The van der Waals surface area contributed by atoms with Crippen LogP contribution in [0.15, 0.2) is 119 Å². The highest BCUT2D eigenvalue weighted by Crippen LogP contribution is 2.24. The maximum atomic E-state index is 13.4. The Labute approximate surface area is 212 Å². The van der Waals surface area contributed by atoms with E-state index in [-0.39, 0.29) is 16.6 Å². The first-order valence-electron chi connectivity index (χ1n) is 11.1.